The monoisotopic (exact) mass is 452 g/mol. The quantitative estimate of drug-likeness (QED) is 0.581. The third-order valence-electron chi connectivity index (χ3n) is 4.01. The number of nitrogens with zero attached hydrogens (tertiary/aromatic N) is 2. The van der Waals surface area contributed by atoms with Gasteiger partial charge < -0.3 is 15.4 Å². The van der Waals surface area contributed by atoms with Crippen molar-refractivity contribution in [3.05, 3.63) is 71.0 Å². The normalized spacial score (nSPS) is 11.3. The van der Waals surface area contributed by atoms with Gasteiger partial charge in [0.1, 0.15) is 6.61 Å². The summed E-state index contributed by atoms with van der Waals surface area (Å²) in [5.74, 6) is -1.44. The second-order valence-corrected chi connectivity index (χ2v) is 6.75. The van der Waals surface area contributed by atoms with Gasteiger partial charge in [-0.05, 0) is 36.4 Å². The number of rotatable bonds is 6. The maximum absolute atomic E-state index is 13.8. The van der Waals surface area contributed by atoms with Gasteiger partial charge in [-0.15, -0.1) is 0 Å². The minimum absolute atomic E-state index is 0.0572. The van der Waals surface area contributed by atoms with Crippen LogP contribution in [0.25, 0.3) is 5.69 Å². The molecule has 2 aromatic carbocycles. The molecule has 2 N–H and O–H groups in total. The molecular weight excluding hydrogens is 437 g/mol. The highest BCUT2D eigenvalue weighted by Gasteiger charge is 2.40. The zero-order valence-electron chi connectivity index (χ0n) is 16.0. The third kappa shape index (κ3) is 5.41. The van der Waals surface area contributed by atoms with Crippen molar-refractivity contribution < 1.29 is 27.5 Å². The van der Waals surface area contributed by atoms with Gasteiger partial charge in [-0.25, -0.2) is 4.68 Å². The molecule has 0 saturated heterocycles. The highest BCUT2D eigenvalue weighted by atomic mass is 35.5. The Kier molecular flexibility index (Phi) is 6.62. The molecule has 0 unspecified atom stereocenters. The van der Waals surface area contributed by atoms with E-state index in [1.165, 1.54) is 49.6 Å². The molecular formula is C20H16ClF3N4O3. The first-order chi connectivity index (χ1) is 14.7. The fraction of sp³-hybridized carbons (Fsp3) is 0.150. The molecule has 3 aromatic rings. The molecule has 11 heteroatoms. The number of halogens is 4. The van der Waals surface area contributed by atoms with Crippen LogP contribution in [0.3, 0.4) is 0 Å². The molecule has 0 fully saturated rings. The van der Waals surface area contributed by atoms with E-state index in [2.05, 4.69) is 15.7 Å². The molecule has 0 atom stereocenters. The Bertz CT molecular complexity index is 1120. The number of anilines is 2. The summed E-state index contributed by atoms with van der Waals surface area (Å²) in [6.45, 7) is -0.172. The third-order valence-corrected chi connectivity index (χ3v) is 4.25. The van der Waals surface area contributed by atoms with Crippen LogP contribution in [-0.4, -0.2) is 35.3 Å². The number of amides is 2. The first-order valence-corrected chi connectivity index (χ1v) is 9.18. The molecule has 0 bridgehead atoms. The average Bonchev–Trinajstić information content (AvgIpc) is 3.14. The van der Waals surface area contributed by atoms with Crippen LogP contribution in [0.5, 0.6) is 0 Å². The molecule has 1 aromatic heterocycles. The predicted molar refractivity (Wildman–Crippen MR) is 108 cm³/mol. The van der Waals surface area contributed by atoms with Gasteiger partial charge in [0.2, 0.25) is 5.91 Å². The summed E-state index contributed by atoms with van der Waals surface area (Å²) < 4.78 is 46.7. The van der Waals surface area contributed by atoms with Gasteiger partial charge in [0.15, 0.2) is 5.69 Å². The summed E-state index contributed by atoms with van der Waals surface area (Å²) in [6, 6.07) is 11.6. The van der Waals surface area contributed by atoms with E-state index in [-0.39, 0.29) is 23.0 Å². The number of carbonyl (C=O) groups is 2. The smallest absolute Gasteiger partial charge is 0.375 e. The molecule has 0 saturated carbocycles. The first-order valence-electron chi connectivity index (χ1n) is 8.80. The molecule has 0 spiro atoms. The Morgan fingerprint density at radius 1 is 1.10 bits per heavy atom. The highest BCUT2D eigenvalue weighted by Crippen LogP contribution is 2.34. The molecule has 31 heavy (non-hydrogen) atoms. The number of methoxy groups -OCH3 is 1. The molecule has 0 aliphatic rings. The van der Waals surface area contributed by atoms with Crippen LogP contribution in [0.4, 0.5) is 24.5 Å². The number of hydrogen-bond donors (Lipinski definition) is 2. The summed E-state index contributed by atoms with van der Waals surface area (Å²) in [5, 5.41) is 8.89. The van der Waals surface area contributed by atoms with E-state index < -0.39 is 29.2 Å². The Morgan fingerprint density at radius 2 is 1.77 bits per heavy atom. The Morgan fingerprint density at radius 3 is 2.42 bits per heavy atom. The van der Waals surface area contributed by atoms with Gasteiger partial charge in [0.05, 0.1) is 17.4 Å². The van der Waals surface area contributed by atoms with Crippen molar-refractivity contribution in [3.8, 4) is 5.69 Å². The van der Waals surface area contributed by atoms with Crippen LogP contribution in [0.2, 0.25) is 5.02 Å². The zero-order chi connectivity index (χ0) is 22.6. The second kappa shape index (κ2) is 9.19. The molecule has 162 valence electrons. The van der Waals surface area contributed by atoms with Crippen molar-refractivity contribution in [2.45, 2.75) is 6.18 Å². The van der Waals surface area contributed by atoms with Crippen molar-refractivity contribution in [1.82, 2.24) is 9.78 Å². The zero-order valence-corrected chi connectivity index (χ0v) is 16.8. The van der Waals surface area contributed by atoms with E-state index >= 15 is 0 Å². The Hall–Kier alpha value is -3.37. The van der Waals surface area contributed by atoms with Crippen molar-refractivity contribution >= 4 is 34.8 Å². The minimum atomic E-state index is -4.86. The van der Waals surface area contributed by atoms with E-state index in [0.717, 1.165) is 6.20 Å². The van der Waals surface area contributed by atoms with E-state index in [9.17, 15) is 22.8 Å². The lowest BCUT2D eigenvalue weighted by atomic mass is 10.2. The molecule has 7 nitrogen and oxygen atoms in total. The van der Waals surface area contributed by atoms with Gasteiger partial charge in [0, 0.05) is 23.5 Å². The summed E-state index contributed by atoms with van der Waals surface area (Å²) in [4.78, 5) is 24.2. The number of alkyl halides is 3. The van der Waals surface area contributed by atoms with Crippen LogP contribution < -0.4 is 10.6 Å². The van der Waals surface area contributed by atoms with Crippen LogP contribution >= 0.6 is 11.6 Å². The summed E-state index contributed by atoms with van der Waals surface area (Å²) >= 11 is 5.87. The molecule has 2 amide bonds. The van der Waals surface area contributed by atoms with Crippen LogP contribution in [0, 0.1) is 0 Å². The van der Waals surface area contributed by atoms with E-state index in [1.807, 2.05) is 0 Å². The van der Waals surface area contributed by atoms with Crippen molar-refractivity contribution in [1.29, 1.82) is 0 Å². The number of ether oxygens (including phenoxy) is 1. The van der Waals surface area contributed by atoms with Gasteiger partial charge in [-0.3, -0.25) is 9.59 Å². The number of carbonyl (C=O) groups excluding carboxylic acids is 2. The maximum atomic E-state index is 13.8. The van der Waals surface area contributed by atoms with E-state index in [1.54, 1.807) is 6.07 Å². The minimum Gasteiger partial charge on any atom is -0.375 e. The lowest BCUT2D eigenvalue weighted by Crippen LogP contribution is -2.21. The average molecular weight is 453 g/mol. The summed E-state index contributed by atoms with van der Waals surface area (Å²) in [5.41, 5.74) is -1.32. The molecule has 0 aliphatic heterocycles. The van der Waals surface area contributed by atoms with Crippen LogP contribution in [0.1, 0.15) is 16.1 Å². The van der Waals surface area contributed by atoms with E-state index in [0.29, 0.717) is 10.4 Å². The fourth-order valence-electron chi connectivity index (χ4n) is 2.79. The van der Waals surface area contributed by atoms with E-state index in [4.69, 9.17) is 16.3 Å². The van der Waals surface area contributed by atoms with Crippen molar-refractivity contribution in [2.24, 2.45) is 0 Å². The van der Waals surface area contributed by atoms with Crippen LogP contribution in [-0.2, 0) is 15.7 Å². The van der Waals surface area contributed by atoms with Gasteiger partial charge in [-0.2, -0.15) is 18.3 Å². The van der Waals surface area contributed by atoms with Crippen molar-refractivity contribution in [3.63, 3.8) is 0 Å². The molecule has 0 aliphatic carbocycles. The summed E-state index contributed by atoms with van der Waals surface area (Å²) in [7, 11) is 1.36. The predicted octanol–water partition coefficient (Wildman–Crippen LogP) is 4.38. The fourth-order valence-corrected chi connectivity index (χ4v) is 2.98. The number of hydrogen-bond acceptors (Lipinski definition) is 4. The van der Waals surface area contributed by atoms with Gasteiger partial charge in [0.25, 0.3) is 5.91 Å². The SMILES string of the molecule is COCC(=O)Nc1cccc(NC(=O)c2cnn(-c3cccc(Cl)c3)c2C(F)(F)F)c1. The standard InChI is InChI=1S/C20H16ClF3N4O3/c1-31-11-17(29)26-13-5-3-6-14(9-13)27-19(30)16-10-25-28(18(16)20(22,23)24)15-7-2-4-12(21)8-15/h2-10H,11H2,1H3,(H,26,29)(H,27,30). The lowest BCUT2D eigenvalue weighted by Gasteiger charge is -2.13. The van der Waals surface area contributed by atoms with Crippen LogP contribution in [0.15, 0.2) is 54.7 Å². The Labute approximate surface area is 179 Å². The maximum Gasteiger partial charge on any atom is 0.434 e. The number of nitrogens with one attached hydrogen (secondary N) is 2. The van der Waals surface area contributed by atoms with Gasteiger partial charge >= 0.3 is 6.18 Å². The number of benzene rings is 2. The summed E-state index contributed by atoms with van der Waals surface area (Å²) in [6.07, 6.45) is -4.02. The highest BCUT2D eigenvalue weighted by molar-refractivity contribution is 6.30. The molecule has 1 heterocycles. The second-order valence-electron chi connectivity index (χ2n) is 6.31. The largest absolute Gasteiger partial charge is 0.434 e. The topological polar surface area (TPSA) is 85.2 Å². The molecule has 0 radical (unpaired) electrons. The van der Waals surface area contributed by atoms with Crippen molar-refractivity contribution in [2.75, 3.05) is 24.4 Å². The Balaban J connectivity index is 1.90. The molecule has 3 rings (SSSR count). The number of aromatic nitrogens is 2. The van der Waals surface area contributed by atoms with Gasteiger partial charge in [-0.1, -0.05) is 23.7 Å². The lowest BCUT2D eigenvalue weighted by molar-refractivity contribution is -0.143. The first kappa shape index (κ1) is 22.3.